The van der Waals surface area contributed by atoms with Gasteiger partial charge in [-0.3, -0.25) is 0 Å². The van der Waals surface area contributed by atoms with Gasteiger partial charge in [0, 0.05) is 17.5 Å². The Bertz CT molecular complexity index is 525. The van der Waals surface area contributed by atoms with E-state index in [0.717, 1.165) is 49.5 Å². The lowest BCUT2D eigenvalue weighted by Gasteiger charge is -2.12. The van der Waals surface area contributed by atoms with Crippen LogP contribution in [-0.4, -0.2) is 18.1 Å². The largest absolute Gasteiger partial charge is 0.477 e. The molecular formula is C16H22N2O. The molecule has 1 aromatic heterocycles. The molecule has 1 aromatic carbocycles. The van der Waals surface area contributed by atoms with E-state index in [0.29, 0.717) is 0 Å². The first-order valence-corrected chi connectivity index (χ1v) is 7.07. The third-order valence-corrected chi connectivity index (χ3v) is 3.07. The van der Waals surface area contributed by atoms with E-state index in [9.17, 15) is 0 Å². The van der Waals surface area contributed by atoms with Crippen LogP contribution < -0.4 is 10.1 Å². The Hall–Kier alpha value is -1.61. The molecule has 1 heterocycles. The van der Waals surface area contributed by atoms with Crippen molar-refractivity contribution >= 4 is 10.9 Å². The molecule has 102 valence electrons. The highest BCUT2D eigenvalue weighted by Gasteiger charge is 2.07. The number of nitrogens with one attached hydrogen (secondary N) is 1. The van der Waals surface area contributed by atoms with Crippen LogP contribution in [-0.2, 0) is 6.54 Å². The van der Waals surface area contributed by atoms with Gasteiger partial charge in [0.1, 0.15) is 0 Å². The quantitative estimate of drug-likeness (QED) is 0.771. The molecule has 0 amide bonds. The Morgan fingerprint density at radius 1 is 1.21 bits per heavy atom. The molecule has 19 heavy (non-hydrogen) atoms. The van der Waals surface area contributed by atoms with Crippen molar-refractivity contribution in [1.82, 2.24) is 10.3 Å². The summed E-state index contributed by atoms with van der Waals surface area (Å²) in [6.45, 7) is 6.75. The van der Waals surface area contributed by atoms with E-state index in [1.807, 2.05) is 18.2 Å². The van der Waals surface area contributed by atoms with Crippen molar-refractivity contribution in [3.05, 3.63) is 35.9 Å². The molecule has 0 aliphatic rings. The Balaban J connectivity index is 2.27. The molecule has 0 fully saturated rings. The highest BCUT2D eigenvalue weighted by Crippen LogP contribution is 2.22. The van der Waals surface area contributed by atoms with Gasteiger partial charge in [-0.05, 0) is 25.1 Å². The number of ether oxygens (including phenoxy) is 1. The van der Waals surface area contributed by atoms with Crippen LogP contribution in [0.2, 0.25) is 0 Å². The topological polar surface area (TPSA) is 34.1 Å². The molecule has 0 unspecified atom stereocenters. The molecule has 2 aromatic rings. The van der Waals surface area contributed by atoms with Gasteiger partial charge in [0.15, 0.2) is 0 Å². The number of aromatic nitrogens is 1. The minimum absolute atomic E-state index is 0.737. The summed E-state index contributed by atoms with van der Waals surface area (Å²) in [6, 6.07) is 10.3. The minimum atomic E-state index is 0.737. The van der Waals surface area contributed by atoms with Gasteiger partial charge < -0.3 is 10.1 Å². The van der Waals surface area contributed by atoms with Crippen LogP contribution in [0.1, 0.15) is 32.3 Å². The van der Waals surface area contributed by atoms with Crippen LogP contribution in [0.4, 0.5) is 0 Å². The molecule has 0 saturated carbocycles. The number of pyridine rings is 1. The molecule has 0 spiro atoms. The average Bonchev–Trinajstić information content (AvgIpc) is 2.45. The molecule has 0 radical (unpaired) electrons. The molecule has 0 atom stereocenters. The number of benzene rings is 1. The Labute approximate surface area is 115 Å². The zero-order valence-electron chi connectivity index (χ0n) is 11.8. The highest BCUT2D eigenvalue weighted by molar-refractivity contribution is 5.80. The number of unbranched alkanes of at least 4 members (excludes halogenated alkanes) is 1. The molecule has 3 nitrogen and oxygen atoms in total. The lowest BCUT2D eigenvalue weighted by Crippen LogP contribution is -2.14. The average molecular weight is 258 g/mol. The van der Waals surface area contributed by atoms with Crippen LogP contribution in [0.25, 0.3) is 10.9 Å². The first-order chi connectivity index (χ1) is 9.35. The van der Waals surface area contributed by atoms with Crippen molar-refractivity contribution in [2.45, 2.75) is 33.2 Å². The second-order valence-electron chi connectivity index (χ2n) is 4.63. The molecule has 2 rings (SSSR count). The fourth-order valence-electron chi connectivity index (χ4n) is 1.97. The summed E-state index contributed by atoms with van der Waals surface area (Å²) in [6.07, 6.45) is 2.20. The summed E-state index contributed by atoms with van der Waals surface area (Å²) in [5.74, 6) is 0.771. The summed E-state index contributed by atoms with van der Waals surface area (Å²) in [7, 11) is 0. The lowest BCUT2D eigenvalue weighted by atomic mass is 10.1. The third kappa shape index (κ3) is 3.67. The van der Waals surface area contributed by atoms with Crippen LogP contribution >= 0.6 is 0 Å². The number of fused-ring (bicyclic) bond motifs is 1. The number of hydrogen-bond donors (Lipinski definition) is 1. The summed E-state index contributed by atoms with van der Waals surface area (Å²) < 4.78 is 5.83. The van der Waals surface area contributed by atoms with E-state index in [2.05, 4.69) is 36.3 Å². The van der Waals surface area contributed by atoms with Gasteiger partial charge in [-0.1, -0.05) is 38.5 Å². The molecule has 0 bridgehead atoms. The van der Waals surface area contributed by atoms with E-state index >= 15 is 0 Å². The van der Waals surface area contributed by atoms with E-state index in [1.165, 1.54) is 5.39 Å². The van der Waals surface area contributed by atoms with Crippen molar-refractivity contribution in [2.24, 2.45) is 0 Å². The van der Waals surface area contributed by atoms with Crippen molar-refractivity contribution in [3.8, 4) is 5.88 Å². The zero-order valence-corrected chi connectivity index (χ0v) is 11.8. The summed E-state index contributed by atoms with van der Waals surface area (Å²) in [5, 5.41) is 4.51. The standard InChI is InChI=1S/C16H22N2O/c1-3-5-10-19-16-14(12-17-4-2)11-13-8-6-7-9-15(13)18-16/h6-9,11,17H,3-5,10,12H2,1-2H3. The van der Waals surface area contributed by atoms with Crippen LogP contribution in [0.5, 0.6) is 5.88 Å². The minimum Gasteiger partial charge on any atom is -0.477 e. The Morgan fingerprint density at radius 2 is 2.05 bits per heavy atom. The predicted molar refractivity (Wildman–Crippen MR) is 79.5 cm³/mol. The number of rotatable bonds is 7. The molecule has 3 heteroatoms. The summed E-state index contributed by atoms with van der Waals surface area (Å²) in [5.41, 5.74) is 2.13. The molecule has 1 N–H and O–H groups in total. The third-order valence-electron chi connectivity index (χ3n) is 3.07. The molecular weight excluding hydrogens is 236 g/mol. The zero-order chi connectivity index (χ0) is 13.5. The summed E-state index contributed by atoms with van der Waals surface area (Å²) in [4.78, 5) is 4.64. The molecule has 0 aliphatic carbocycles. The lowest BCUT2D eigenvalue weighted by molar-refractivity contribution is 0.295. The second kappa shape index (κ2) is 7.10. The van der Waals surface area contributed by atoms with Gasteiger partial charge in [0.05, 0.1) is 12.1 Å². The van der Waals surface area contributed by atoms with E-state index in [1.54, 1.807) is 0 Å². The Kier molecular flexibility index (Phi) is 5.16. The van der Waals surface area contributed by atoms with Gasteiger partial charge in [0.2, 0.25) is 5.88 Å². The second-order valence-corrected chi connectivity index (χ2v) is 4.63. The van der Waals surface area contributed by atoms with Gasteiger partial charge in [-0.2, -0.15) is 0 Å². The number of hydrogen-bond acceptors (Lipinski definition) is 3. The van der Waals surface area contributed by atoms with Crippen LogP contribution in [0.15, 0.2) is 30.3 Å². The maximum absolute atomic E-state index is 5.83. The Morgan fingerprint density at radius 3 is 2.84 bits per heavy atom. The first-order valence-electron chi connectivity index (χ1n) is 7.07. The van der Waals surface area contributed by atoms with Crippen molar-refractivity contribution in [3.63, 3.8) is 0 Å². The number of para-hydroxylation sites is 1. The maximum Gasteiger partial charge on any atom is 0.218 e. The summed E-state index contributed by atoms with van der Waals surface area (Å²) >= 11 is 0. The number of nitrogens with zero attached hydrogens (tertiary/aromatic N) is 1. The van der Waals surface area contributed by atoms with Crippen molar-refractivity contribution in [1.29, 1.82) is 0 Å². The molecule has 0 saturated heterocycles. The SMILES string of the molecule is CCCCOc1nc2ccccc2cc1CNCC. The van der Waals surface area contributed by atoms with Gasteiger partial charge in [-0.15, -0.1) is 0 Å². The highest BCUT2D eigenvalue weighted by atomic mass is 16.5. The fraction of sp³-hybridized carbons (Fsp3) is 0.438. The van der Waals surface area contributed by atoms with Gasteiger partial charge >= 0.3 is 0 Å². The maximum atomic E-state index is 5.83. The normalized spacial score (nSPS) is 10.8. The van der Waals surface area contributed by atoms with E-state index in [4.69, 9.17) is 4.74 Å². The van der Waals surface area contributed by atoms with Gasteiger partial charge in [-0.25, -0.2) is 4.98 Å². The van der Waals surface area contributed by atoms with Crippen LogP contribution in [0, 0.1) is 0 Å². The smallest absolute Gasteiger partial charge is 0.218 e. The fourth-order valence-corrected chi connectivity index (χ4v) is 1.97. The van der Waals surface area contributed by atoms with Crippen molar-refractivity contribution < 1.29 is 4.74 Å². The monoisotopic (exact) mass is 258 g/mol. The van der Waals surface area contributed by atoms with E-state index < -0.39 is 0 Å². The van der Waals surface area contributed by atoms with Gasteiger partial charge in [0.25, 0.3) is 0 Å². The van der Waals surface area contributed by atoms with Crippen molar-refractivity contribution in [2.75, 3.05) is 13.2 Å². The molecule has 0 aliphatic heterocycles. The van der Waals surface area contributed by atoms with E-state index in [-0.39, 0.29) is 0 Å². The first kappa shape index (κ1) is 13.8. The van der Waals surface area contributed by atoms with Crippen LogP contribution in [0.3, 0.4) is 0 Å². The predicted octanol–water partition coefficient (Wildman–Crippen LogP) is 3.52.